The molecule has 6 rings (SSSR count). The van der Waals surface area contributed by atoms with Gasteiger partial charge < -0.3 is 25.4 Å². The van der Waals surface area contributed by atoms with E-state index in [0.717, 1.165) is 31.7 Å². The zero-order valence-corrected chi connectivity index (χ0v) is 26.5. The first-order chi connectivity index (χ1) is 22.7. The molecule has 12 nitrogen and oxygen atoms in total. The fraction of sp³-hybridized carbons (Fsp3) is 0.353. The maximum Gasteiger partial charge on any atom is 0.412 e. The number of rotatable bonds is 9. The Kier molecular flexibility index (Phi) is 9.62. The van der Waals surface area contributed by atoms with Crippen LogP contribution in [0.5, 0.6) is 0 Å². The van der Waals surface area contributed by atoms with Crippen molar-refractivity contribution >= 4 is 47.0 Å². The number of amides is 4. The highest BCUT2D eigenvalue weighted by atomic mass is 35.5. The average Bonchev–Trinajstić information content (AvgIpc) is 3.49. The van der Waals surface area contributed by atoms with Crippen LogP contribution in [0, 0.1) is 0 Å². The van der Waals surface area contributed by atoms with E-state index in [9.17, 15) is 24.3 Å². The van der Waals surface area contributed by atoms with Gasteiger partial charge in [-0.05, 0) is 48.0 Å². The lowest BCUT2D eigenvalue weighted by Gasteiger charge is -2.35. The summed E-state index contributed by atoms with van der Waals surface area (Å²) in [6.45, 7) is 4.79. The van der Waals surface area contributed by atoms with E-state index in [2.05, 4.69) is 20.9 Å². The third-order valence-electron chi connectivity index (χ3n) is 8.95. The zero-order valence-electron chi connectivity index (χ0n) is 25.8. The fourth-order valence-electron chi connectivity index (χ4n) is 6.46. The molecule has 2 atom stereocenters. The molecule has 1 unspecified atom stereocenters. The summed E-state index contributed by atoms with van der Waals surface area (Å²) in [5, 5.41) is 19.3. The summed E-state index contributed by atoms with van der Waals surface area (Å²) in [6.07, 6.45) is -1.05. The van der Waals surface area contributed by atoms with Gasteiger partial charge in [0.25, 0.3) is 5.91 Å². The van der Waals surface area contributed by atoms with Crippen LogP contribution in [0.25, 0.3) is 0 Å². The van der Waals surface area contributed by atoms with E-state index in [4.69, 9.17) is 16.3 Å². The van der Waals surface area contributed by atoms with E-state index in [1.54, 1.807) is 47.4 Å². The van der Waals surface area contributed by atoms with Crippen LogP contribution in [0.3, 0.4) is 0 Å². The van der Waals surface area contributed by atoms with Gasteiger partial charge in [-0.15, -0.1) is 0 Å². The van der Waals surface area contributed by atoms with Crippen molar-refractivity contribution in [2.24, 2.45) is 0 Å². The average molecular weight is 661 g/mol. The Bertz CT molecular complexity index is 1630. The summed E-state index contributed by atoms with van der Waals surface area (Å²) < 4.78 is 5.80. The minimum absolute atomic E-state index is 0.113. The second kappa shape index (κ2) is 14.0. The predicted octanol–water partition coefficient (Wildman–Crippen LogP) is 3.76. The van der Waals surface area contributed by atoms with Crippen molar-refractivity contribution in [1.29, 1.82) is 0 Å². The SMILES string of the molecule is O=C1Nc2ccc(Cl)cc2C2(CCN(C(=O)[C@H](Cc3ccccc3)NC(=O)c3ccc(N(CCN4CCNCC4)C(=O)O)cc3)C2)O1. The van der Waals surface area contributed by atoms with Crippen molar-refractivity contribution in [3.05, 3.63) is 94.5 Å². The van der Waals surface area contributed by atoms with Gasteiger partial charge in [0.1, 0.15) is 6.04 Å². The van der Waals surface area contributed by atoms with Gasteiger partial charge >= 0.3 is 12.2 Å². The monoisotopic (exact) mass is 660 g/mol. The van der Waals surface area contributed by atoms with Crippen LogP contribution in [0.1, 0.15) is 27.9 Å². The standard InChI is InChI=1S/C34H37ClN6O6/c35-25-8-11-28-27(21-25)34(47-32(44)38-28)12-15-40(22-34)31(43)29(20-23-4-2-1-3-5-23)37-30(42)24-6-9-26(10-7-24)41(33(45)46)19-18-39-16-13-36-14-17-39/h1-11,21,29,36H,12-20,22H2,(H,37,42)(H,38,44)(H,45,46)/t29-,34?/m0/s1. The molecule has 0 saturated carbocycles. The molecular weight excluding hydrogens is 624 g/mol. The van der Waals surface area contributed by atoms with Crippen LogP contribution >= 0.6 is 11.6 Å². The third kappa shape index (κ3) is 7.35. The number of halogens is 1. The molecule has 3 heterocycles. The summed E-state index contributed by atoms with van der Waals surface area (Å²) in [6, 6.07) is 20.0. The molecule has 3 aliphatic rings. The van der Waals surface area contributed by atoms with Crippen LogP contribution in [0.2, 0.25) is 5.02 Å². The van der Waals surface area contributed by atoms with Gasteiger partial charge in [0.05, 0.1) is 12.2 Å². The van der Waals surface area contributed by atoms with Gasteiger partial charge in [0.15, 0.2) is 5.60 Å². The highest BCUT2D eigenvalue weighted by Crippen LogP contribution is 2.44. The first-order valence-electron chi connectivity index (χ1n) is 15.7. The Morgan fingerprint density at radius 2 is 1.77 bits per heavy atom. The lowest BCUT2D eigenvalue weighted by molar-refractivity contribution is -0.133. The number of ether oxygens (including phenoxy) is 1. The van der Waals surface area contributed by atoms with E-state index in [1.807, 2.05) is 30.3 Å². The number of benzene rings is 3. The van der Waals surface area contributed by atoms with Gasteiger partial charge in [-0.3, -0.25) is 24.7 Å². The second-order valence-electron chi connectivity index (χ2n) is 12.0. The Balaban J connectivity index is 1.17. The molecular formula is C34H37ClN6O6. The summed E-state index contributed by atoms with van der Waals surface area (Å²) >= 11 is 6.29. The number of hydrogen-bond donors (Lipinski definition) is 4. The lowest BCUT2D eigenvalue weighted by Crippen LogP contribution is -2.50. The largest absolute Gasteiger partial charge is 0.465 e. The molecule has 1 spiro atoms. The van der Waals surface area contributed by atoms with Gasteiger partial charge in [-0.1, -0.05) is 41.9 Å². The van der Waals surface area contributed by atoms with E-state index in [0.29, 0.717) is 53.6 Å². The number of piperazine rings is 1. The Morgan fingerprint density at radius 1 is 1.02 bits per heavy atom. The van der Waals surface area contributed by atoms with Gasteiger partial charge in [-0.25, -0.2) is 9.59 Å². The normalized spacial score (nSPS) is 19.8. The van der Waals surface area contributed by atoms with Crippen molar-refractivity contribution in [1.82, 2.24) is 20.4 Å². The van der Waals surface area contributed by atoms with Crippen molar-refractivity contribution in [3.8, 4) is 0 Å². The molecule has 13 heteroatoms. The molecule has 246 valence electrons. The summed E-state index contributed by atoms with van der Waals surface area (Å²) in [5.41, 5.74) is 1.84. The molecule has 0 bridgehead atoms. The Labute approximate surface area is 277 Å². The number of hydrogen-bond acceptors (Lipinski definition) is 7. The van der Waals surface area contributed by atoms with Crippen LogP contribution < -0.4 is 20.9 Å². The quantitative estimate of drug-likeness (QED) is 0.272. The highest BCUT2D eigenvalue weighted by molar-refractivity contribution is 6.30. The molecule has 3 aromatic carbocycles. The van der Waals surface area contributed by atoms with Crippen molar-refractivity contribution in [2.45, 2.75) is 24.5 Å². The molecule has 0 aliphatic carbocycles. The van der Waals surface area contributed by atoms with Crippen molar-refractivity contribution in [3.63, 3.8) is 0 Å². The molecule has 3 aromatic rings. The maximum absolute atomic E-state index is 14.1. The van der Waals surface area contributed by atoms with E-state index in [-0.39, 0.29) is 18.9 Å². The van der Waals surface area contributed by atoms with Crippen molar-refractivity contribution in [2.75, 3.05) is 62.6 Å². The predicted molar refractivity (Wildman–Crippen MR) is 177 cm³/mol. The van der Waals surface area contributed by atoms with Crippen LogP contribution in [-0.4, -0.2) is 97.3 Å². The van der Waals surface area contributed by atoms with E-state index in [1.165, 1.54) is 4.90 Å². The number of carboxylic acid groups (broad SMARTS) is 1. The van der Waals surface area contributed by atoms with Gasteiger partial charge in [-0.2, -0.15) is 0 Å². The molecule has 3 aliphatic heterocycles. The first-order valence-corrected chi connectivity index (χ1v) is 16.1. The number of nitrogens with zero attached hydrogens (tertiary/aromatic N) is 3. The summed E-state index contributed by atoms with van der Waals surface area (Å²) in [7, 11) is 0. The second-order valence-corrected chi connectivity index (χ2v) is 12.4. The smallest absolute Gasteiger partial charge is 0.412 e. The van der Waals surface area contributed by atoms with Crippen molar-refractivity contribution < 1.29 is 29.0 Å². The Hall–Kier alpha value is -4.65. The number of likely N-dealkylation sites (tertiary alicyclic amines) is 1. The molecule has 4 N–H and O–H groups in total. The van der Waals surface area contributed by atoms with Crippen LogP contribution in [-0.2, 0) is 21.6 Å². The number of nitrogens with one attached hydrogen (secondary N) is 3. The maximum atomic E-state index is 14.1. The number of carbonyl (C=O) groups excluding carboxylic acids is 3. The zero-order chi connectivity index (χ0) is 33.0. The molecule has 2 fully saturated rings. The molecule has 0 radical (unpaired) electrons. The Morgan fingerprint density at radius 3 is 2.49 bits per heavy atom. The molecule has 2 saturated heterocycles. The lowest BCUT2D eigenvalue weighted by atomic mass is 9.90. The van der Waals surface area contributed by atoms with E-state index >= 15 is 0 Å². The summed E-state index contributed by atoms with van der Waals surface area (Å²) in [5.74, 6) is -0.772. The minimum Gasteiger partial charge on any atom is -0.465 e. The third-order valence-corrected chi connectivity index (χ3v) is 9.18. The fourth-order valence-corrected chi connectivity index (χ4v) is 6.63. The van der Waals surface area contributed by atoms with Crippen LogP contribution in [0.4, 0.5) is 21.0 Å². The van der Waals surface area contributed by atoms with E-state index < -0.39 is 29.7 Å². The highest BCUT2D eigenvalue weighted by Gasteiger charge is 2.49. The molecule has 0 aromatic heterocycles. The molecule has 47 heavy (non-hydrogen) atoms. The van der Waals surface area contributed by atoms with Crippen LogP contribution in [0.15, 0.2) is 72.8 Å². The minimum atomic E-state index is -1.07. The first kappa shape index (κ1) is 32.3. The van der Waals surface area contributed by atoms with Gasteiger partial charge in [0, 0.05) is 80.5 Å². The number of fused-ring (bicyclic) bond motifs is 2. The summed E-state index contributed by atoms with van der Waals surface area (Å²) in [4.78, 5) is 57.2. The molecule has 4 amide bonds. The van der Waals surface area contributed by atoms with Gasteiger partial charge in [0.2, 0.25) is 5.91 Å². The number of carbonyl (C=O) groups is 4. The number of anilines is 2. The topological polar surface area (TPSA) is 144 Å².